The fourth-order valence-electron chi connectivity index (χ4n) is 3.30. The molecule has 0 unspecified atom stereocenters. The molecule has 0 fully saturated rings. The van der Waals surface area contributed by atoms with Gasteiger partial charge in [-0.25, -0.2) is 4.79 Å². The highest BCUT2D eigenvalue weighted by molar-refractivity contribution is 6.14. The Labute approximate surface area is 156 Å². The van der Waals surface area contributed by atoms with Crippen molar-refractivity contribution in [2.75, 3.05) is 18.6 Å². The second kappa shape index (κ2) is 7.49. The van der Waals surface area contributed by atoms with Crippen molar-refractivity contribution in [3.05, 3.63) is 59.7 Å². The highest BCUT2D eigenvalue weighted by Crippen LogP contribution is 2.37. The van der Waals surface area contributed by atoms with Gasteiger partial charge in [-0.3, -0.25) is 14.5 Å². The van der Waals surface area contributed by atoms with E-state index >= 15 is 0 Å². The van der Waals surface area contributed by atoms with Crippen molar-refractivity contribution >= 4 is 23.5 Å². The fourth-order valence-corrected chi connectivity index (χ4v) is 3.30. The number of carboxylic acids is 1. The van der Waals surface area contributed by atoms with Gasteiger partial charge in [0, 0.05) is 11.3 Å². The van der Waals surface area contributed by atoms with Gasteiger partial charge in [-0.05, 0) is 42.8 Å². The number of ether oxygens (including phenoxy) is 2. The summed E-state index contributed by atoms with van der Waals surface area (Å²) in [4.78, 5) is 39.1. The normalized spacial score (nSPS) is 18.6. The number of amides is 1. The summed E-state index contributed by atoms with van der Waals surface area (Å²) in [5.74, 6) is -3.08. The van der Waals surface area contributed by atoms with Gasteiger partial charge < -0.3 is 14.6 Å². The zero-order valence-corrected chi connectivity index (χ0v) is 14.9. The number of carboxylic acid groups (broad SMARTS) is 1. The van der Waals surface area contributed by atoms with Gasteiger partial charge in [0.25, 0.3) is 5.91 Å². The van der Waals surface area contributed by atoms with Gasteiger partial charge in [0.2, 0.25) is 0 Å². The molecule has 0 bridgehead atoms. The Morgan fingerprint density at radius 1 is 1.11 bits per heavy atom. The van der Waals surface area contributed by atoms with E-state index in [0.717, 1.165) is 0 Å². The molecule has 0 spiro atoms. The number of esters is 1. The first-order valence-corrected chi connectivity index (χ1v) is 8.45. The van der Waals surface area contributed by atoms with Gasteiger partial charge in [-0.2, -0.15) is 0 Å². The summed E-state index contributed by atoms with van der Waals surface area (Å²) in [6.07, 6.45) is 0. The highest BCUT2D eigenvalue weighted by Gasteiger charge is 2.48. The number of fused-ring (bicyclic) bond motifs is 1. The molecule has 0 radical (unpaired) electrons. The highest BCUT2D eigenvalue weighted by atomic mass is 16.5. The van der Waals surface area contributed by atoms with Gasteiger partial charge in [-0.15, -0.1) is 0 Å². The molecule has 1 amide bonds. The van der Waals surface area contributed by atoms with Crippen molar-refractivity contribution in [2.24, 2.45) is 0 Å². The van der Waals surface area contributed by atoms with Crippen LogP contribution in [0.25, 0.3) is 0 Å². The molecule has 1 aliphatic heterocycles. The van der Waals surface area contributed by atoms with Gasteiger partial charge in [0.05, 0.1) is 13.7 Å². The smallest absolute Gasteiger partial charge is 0.330 e. The molecule has 0 aromatic heterocycles. The molecular weight excluding hydrogens is 350 g/mol. The predicted molar refractivity (Wildman–Crippen MR) is 97.0 cm³/mol. The number of anilines is 1. The van der Waals surface area contributed by atoms with E-state index in [1.165, 1.54) is 12.0 Å². The topological polar surface area (TPSA) is 93.1 Å². The average molecular weight is 369 g/mol. The fraction of sp³-hybridized carbons (Fsp3) is 0.250. The van der Waals surface area contributed by atoms with Crippen LogP contribution >= 0.6 is 0 Å². The summed E-state index contributed by atoms with van der Waals surface area (Å²) >= 11 is 0. The third kappa shape index (κ3) is 3.23. The van der Waals surface area contributed by atoms with Crippen LogP contribution in [0.15, 0.2) is 48.5 Å². The minimum Gasteiger partial charge on any atom is -0.497 e. The monoisotopic (exact) mass is 369 g/mol. The lowest BCUT2D eigenvalue weighted by Gasteiger charge is -2.38. The van der Waals surface area contributed by atoms with Gasteiger partial charge in [0.1, 0.15) is 11.7 Å². The molecule has 0 saturated carbocycles. The van der Waals surface area contributed by atoms with Crippen molar-refractivity contribution in [1.29, 1.82) is 0 Å². The molecule has 140 valence electrons. The number of benzene rings is 2. The van der Waals surface area contributed by atoms with E-state index in [1.807, 2.05) is 0 Å². The Balaban J connectivity index is 2.19. The second-order valence-electron chi connectivity index (χ2n) is 5.97. The SMILES string of the molecule is CCOC(=O)[C@@H]1[C@H](C(=O)O)c2ccccc2C(=O)N1c1ccc(OC)cc1. The molecule has 27 heavy (non-hydrogen) atoms. The number of hydrogen-bond donors (Lipinski definition) is 1. The van der Waals surface area contributed by atoms with Crippen LogP contribution in [0.2, 0.25) is 0 Å². The van der Waals surface area contributed by atoms with Crippen LogP contribution in [0.4, 0.5) is 5.69 Å². The predicted octanol–water partition coefficient (Wildman–Crippen LogP) is 2.46. The molecule has 1 N–H and O–H groups in total. The summed E-state index contributed by atoms with van der Waals surface area (Å²) < 4.78 is 10.2. The van der Waals surface area contributed by atoms with E-state index in [-0.39, 0.29) is 12.2 Å². The van der Waals surface area contributed by atoms with E-state index in [4.69, 9.17) is 9.47 Å². The molecule has 0 saturated heterocycles. The summed E-state index contributed by atoms with van der Waals surface area (Å²) in [5, 5.41) is 9.84. The molecule has 1 heterocycles. The zero-order valence-electron chi connectivity index (χ0n) is 14.9. The quantitative estimate of drug-likeness (QED) is 0.814. The van der Waals surface area contributed by atoms with E-state index in [0.29, 0.717) is 17.0 Å². The van der Waals surface area contributed by atoms with Crippen molar-refractivity contribution in [2.45, 2.75) is 18.9 Å². The number of hydrogen-bond acceptors (Lipinski definition) is 5. The summed E-state index contributed by atoms with van der Waals surface area (Å²) in [6, 6.07) is 11.6. The summed E-state index contributed by atoms with van der Waals surface area (Å²) in [5.41, 5.74) is 0.943. The van der Waals surface area contributed by atoms with Crippen molar-refractivity contribution in [3.8, 4) is 5.75 Å². The number of rotatable bonds is 5. The standard InChI is InChI=1S/C20H19NO6/c1-3-27-20(25)17-16(19(23)24)14-6-4-5-7-15(14)18(22)21(17)12-8-10-13(26-2)11-9-12/h4-11,16-17H,3H2,1-2H3,(H,23,24)/t16-,17+/m1/s1. The van der Waals surface area contributed by atoms with Crippen LogP contribution in [0.5, 0.6) is 5.75 Å². The van der Waals surface area contributed by atoms with Gasteiger partial charge in [-0.1, -0.05) is 18.2 Å². The zero-order chi connectivity index (χ0) is 19.6. The molecule has 2 aromatic rings. The summed E-state index contributed by atoms with van der Waals surface area (Å²) in [6.45, 7) is 1.71. The first kappa shape index (κ1) is 18.4. The first-order valence-electron chi connectivity index (χ1n) is 8.45. The molecule has 7 heteroatoms. The van der Waals surface area contributed by atoms with Crippen LogP contribution in [0, 0.1) is 0 Å². The lowest BCUT2D eigenvalue weighted by molar-refractivity contribution is -0.150. The van der Waals surface area contributed by atoms with Crippen LogP contribution in [0.1, 0.15) is 28.8 Å². The van der Waals surface area contributed by atoms with Crippen LogP contribution in [-0.4, -0.2) is 42.7 Å². The molecule has 7 nitrogen and oxygen atoms in total. The number of nitrogens with zero attached hydrogens (tertiary/aromatic N) is 1. The van der Waals surface area contributed by atoms with E-state index in [2.05, 4.69) is 0 Å². The Hall–Kier alpha value is -3.35. The van der Waals surface area contributed by atoms with Crippen molar-refractivity contribution in [1.82, 2.24) is 0 Å². The minimum absolute atomic E-state index is 0.0773. The summed E-state index contributed by atoms with van der Waals surface area (Å²) in [7, 11) is 1.51. The van der Waals surface area contributed by atoms with Crippen molar-refractivity contribution < 1.29 is 29.0 Å². The number of aliphatic carboxylic acids is 1. The third-order valence-corrected chi connectivity index (χ3v) is 4.48. The maximum atomic E-state index is 13.2. The van der Waals surface area contributed by atoms with E-state index < -0.39 is 29.8 Å². The maximum absolute atomic E-state index is 13.2. The molecule has 0 aliphatic carbocycles. The van der Waals surface area contributed by atoms with Crippen LogP contribution < -0.4 is 9.64 Å². The molecular formula is C20H19NO6. The van der Waals surface area contributed by atoms with E-state index in [1.54, 1.807) is 55.5 Å². The average Bonchev–Trinajstić information content (AvgIpc) is 2.68. The first-order chi connectivity index (χ1) is 13.0. The third-order valence-electron chi connectivity index (χ3n) is 4.48. The number of carbonyl (C=O) groups excluding carboxylic acids is 2. The second-order valence-corrected chi connectivity index (χ2v) is 5.97. The maximum Gasteiger partial charge on any atom is 0.330 e. The van der Waals surface area contributed by atoms with Gasteiger partial charge >= 0.3 is 11.9 Å². The van der Waals surface area contributed by atoms with Crippen LogP contribution in [-0.2, 0) is 14.3 Å². The van der Waals surface area contributed by atoms with Crippen molar-refractivity contribution in [3.63, 3.8) is 0 Å². The lowest BCUT2D eigenvalue weighted by Crippen LogP contribution is -2.55. The Kier molecular flexibility index (Phi) is 5.12. The molecule has 2 aromatic carbocycles. The van der Waals surface area contributed by atoms with Gasteiger partial charge in [0.15, 0.2) is 6.04 Å². The molecule has 2 atom stereocenters. The largest absolute Gasteiger partial charge is 0.497 e. The lowest BCUT2D eigenvalue weighted by atomic mass is 9.82. The molecule has 3 rings (SSSR count). The van der Waals surface area contributed by atoms with Crippen LogP contribution in [0.3, 0.4) is 0 Å². The number of methoxy groups -OCH3 is 1. The molecule has 1 aliphatic rings. The Bertz CT molecular complexity index is 876. The minimum atomic E-state index is -1.31. The Morgan fingerprint density at radius 2 is 1.78 bits per heavy atom. The number of carbonyl (C=O) groups is 3. The van der Waals surface area contributed by atoms with E-state index in [9.17, 15) is 19.5 Å². The Morgan fingerprint density at radius 3 is 2.37 bits per heavy atom.